The first-order chi connectivity index (χ1) is 8.81. The number of ether oxygens (including phenoxy) is 2. The maximum absolute atomic E-state index is 5.63. The summed E-state index contributed by atoms with van der Waals surface area (Å²) < 4.78 is 16.2. The second-order valence-corrected chi connectivity index (χ2v) is 3.92. The van der Waals surface area contributed by atoms with E-state index in [1.807, 2.05) is 37.4 Å². The molecule has 4 nitrogen and oxygen atoms in total. The van der Waals surface area contributed by atoms with E-state index in [9.17, 15) is 0 Å². The summed E-state index contributed by atoms with van der Waals surface area (Å²) in [6, 6.07) is 9.49. The first-order valence-corrected chi connectivity index (χ1v) is 5.79. The van der Waals surface area contributed by atoms with Gasteiger partial charge in [0.05, 0.1) is 13.4 Å². The summed E-state index contributed by atoms with van der Waals surface area (Å²) in [6.45, 7) is 1.21. The molecule has 1 aromatic carbocycles. The van der Waals surface area contributed by atoms with Gasteiger partial charge in [-0.15, -0.1) is 0 Å². The van der Waals surface area contributed by atoms with Crippen LogP contribution in [-0.4, -0.2) is 14.2 Å². The van der Waals surface area contributed by atoms with Crippen LogP contribution in [0.3, 0.4) is 0 Å². The van der Waals surface area contributed by atoms with Gasteiger partial charge in [-0.2, -0.15) is 0 Å². The van der Waals surface area contributed by atoms with Crippen LogP contribution in [-0.2, 0) is 13.2 Å². The Kier molecular flexibility index (Phi) is 4.25. The topological polar surface area (TPSA) is 43.6 Å². The number of furan rings is 1. The highest BCUT2D eigenvalue weighted by Gasteiger charge is 2.03. The Morgan fingerprint density at radius 1 is 1.22 bits per heavy atom. The van der Waals surface area contributed by atoms with Gasteiger partial charge in [-0.3, -0.25) is 0 Å². The van der Waals surface area contributed by atoms with Crippen molar-refractivity contribution in [1.82, 2.24) is 5.32 Å². The van der Waals surface area contributed by atoms with Gasteiger partial charge in [0, 0.05) is 18.2 Å². The van der Waals surface area contributed by atoms with Crippen molar-refractivity contribution in [2.45, 2.75) is 13.2 Å². The van der Waals surface area contributed by atoms with Crippen molar-refractivity contribution in [3.8, 4) is 11.5 Å². The summed E-state index contributed by atoms with van der Waals surface area (Å²) in [4.78, 5) is 0. The molecule has 2 rings (SSSR count). The van der Waals surface area contributed by atoms with Gasteiger partial charge >= 0.3 is 0 Å². The highest BCUT2D eigenvalue weighted by Crippen LogP contribution is 2.20. The number of hydrogen-bond donors (Lipinski definition) is 1. The number of methoxy groups -OCH3 is 1. The van der Waals surface area contributed by atoms with Crippen LogP contribution in [0.25, 0.3) is 0 Å². The van der Waals surface area contributed by atoms with Crippen LogP contribution in [0.4, 0.5) is 0 Å². The molecule has 18 heavy (non-hydrogen) atoms. The van der Waals surface area contributed by atoms with Crippen molar-refractivity contribution in [2.24, 2.45) is 0 Å². The summed E-state index contributed by atoms with van der Waals surface area (Å²) in [7, 11) is 3.54. The Morgan fingerprint density at radius 2 is 2.06 bits per heavy atom. The van der Waals surface area contributed by atoms with Crippen LogP contribution in [0.15, 0.2) is 41.0 Å². The van der Waals surface area contributed by atoms with E-state index in [0.717, 1.165) is 29.4 Å². The molecule has 0 aliphatic rings. The molecule has 0 aliphatic carbocycles. The third-order valence-corrected chi connectivity index (χ3v) is 2.51. The van der Waals surface area contributed by atoms with E-state index in [1.165, 1.54) is 0 Å². The zero-order chi connectivity index (χ0) is 12.8. The average molecular weight is 247 g/mol. The molecule has 1 aromatic heterocycles. The van der Waals surface area contributed by atoms with Crippen LogP contribution in [0.5, 0.6) is 11.5 Å². The molecule has 0 fully saturated rings. The lowest BCUT2D eigenvalue weighted by Gasteiger charge is -2.05. The van der Waals surface area contributed by atoms with Gasteiger partial charge < -0.3 is 19.2 Å². The van der Waals surface area contributed by atoms with E-state index in [0.29, 0.717) is 6.61 Å². The molecule has 1 N–H and O–H groups in total. The quantitative estimate of drug-likeness (QED) is 0.852. The van der Waals surface area contributed by atoms with Gasteiger partial charge in [-0.1, -0.05) is 6.07 Å². The van der Waals surface area contributed by atoms with Gasteiger partial charge in [0.1, 0.15) is 23.9 Å². The second kappa shape index (κ2) is 6.12. The monoisotopic (exact) mass is 247 g/mol. The van der Waals surface area contributed by atoms with Gasteiger partial charge in [-0.05, 0) is 25.2 Å². The molecule has 4 heteroatoms. The summed E-state index contributed by atoms with van der Waals surface area (Å²) in [5.41, 5.74) is 1.11. The molecule has 0 radical (unpaired) electrons. The third-order valence-electron chi connectivity index (χ3n) is 2.51. The molecule has 0 amide bonds. The van der Waals surface area contributed by atoms with Gasteiger partial charge in [0.25, 0.3) is 0 Å². The Balaban J connectivity index is 1.93. The first-order valence-electron chi connectivity index (χ1n) is 5.79. The van der Waals surface area contributed by atoms with Crippen molar-refractivity contribution in [1.29, 1.82) is 0 Å². The van der Waals surface area contributed by atoms with Crippen molar-refractivity contribution >= 4 is 0 Å². The molecule has 1 heterocycles. The number of benzene rings is 1. The van der Waals surface area contributed by atoms with Crippen molar-refractivity contribution < 1.29 is 13.9 Å². The fourth-order valence-electron chi connectivity index (χ4n) is 1.64. The lowest BCUT2D eigenvalue weighted by Crippen LogP contribution is -2.03. The Bertz CT molecular complexity index is 493. The predicted octanol–water partition coefficient (Wildman–Crippen LogP) is 2.59. The number of rotatable bonds is 6. The SMILES string of the molecule is CNCc1coc(COc2cccc(OC)c2)c1. The van der Waals surface area contributed by atoms with E-state index >= 15 is 0 Å². The molecule has 96 valence electrons. The molecule has 0 saturated heterocycles. The maximum atomic E-state index is 5.63. The van der Waals surface area contributed by atoms with Crippen LogP contribution in [0, 0.1) is 0 Å². The van der Waals surface area contributed by atoms with Crippen LogP contribution in [0.1, 0.15) is 11.3 Å². The largest absolute Gasteiger partial charge is 0.497 e. The standard InChI is InChI=1S/C14H17NO3/c1-15-8-11-6-14(17-9-11)10-18-13-5-3-4-12(7-13)16-2/h3-7,9,15H,8,10H2,1-2H3. The molecular weight excluding hydrogens is 230 g/mol. The maximum Gasteiger partial charge on any atom is 0.146 e. The van der Waals surface area contributed by atoms with E-state index in [-0.39, 0.29) is 0 Å². The number of nitrogens with one attached hydrogen (secondary N) is 1. The van der Waals surface area contributed by atoms with E-state index in [4.69, 9.17) is 13.9 Å². The molecule has 0 unspecified atom stereocenters. The summed E-state index contributed by atoms with van der Waals surface area (Å²) in [6.07, 6.45) is 1.74. The molecular formula is C14H17NO3. The molecule has 0 saturated carbocycles. The predicted molar refractivity (Wildman–Crippen MR) is 68.8 cm³/mol. The fourth-order valence-corrected chi connectivity index (χ4v) is 1.64. The van der Waals surface area contributed by atoms with Crippen LogP contribution >= 0.6 is 0 Å². The third kappa shape index (κ3) is 3.28. The average Bonchev–Trinajstić information content (AvgIpc) is 2.85. The molecule has 2 aromatic rings. The minimum Gasteiger partial charge on any atom is -0.497 e. The second-order valence-electron chi connectivity index (χ2n) is 3.92. The van der Waals surface area contributed by atoms with Crippen LogP contribution < -0.4 is 14.8 Å². The van der Waals surface area contributed by atoms with Crippen molar-refractivity contribution in [3.05, 3.63) is 47.9 Å². The summed E-state index contributed by atoms with van der Waals surface area (Å²) in [5.74, 6) is 2.35. The molecule has 0 aliphatic heterocycles. The Hall–Kier alpha value is -1.94. The number of hydrogen-bond acceptors (Lipinski definition) is 4. The van der Waals surface area contributed by atoms with Gasteiger partial charge in [-0.25, -0.2) is 0 Å². The van der Waals surface area contributed by atoms with Gasteiger partial charge in [0.15, 0.2) is 0 Å². The van der Waals surface area contributed by atoms with Crippen LogP contribution in [0.2, 0.25) is 0 Å². The highest BCUT2D eigenvalue weighted by molar-refractivity contribution is 5.32. The zero-order valence-corrected chi connectivity index (χ0v) is 10.6. The van der Waals surface area contributed by atoms with E-state index in [2.05, 4.69) is 5.32 Å². The minimum atomic E-state index is 0.414. The lowest BCUT2D eigenvalue weighted by molar-refractivity contribution is 0.269. The fraction of sp³-hybridized carbons (Fsp3) is 0.286. The first kappa shape index (κ1) is 12.5. The Labute approximate surface area is 107 Å². The highest BCUT2D eigenvalue weighted by atomic mass is 16.5. The van der Waals surface area contributed by atoms with Crippen molar-refractivity contribution in [2.75, 3.05) is 14.2 Å². The summed E-state index contributed by atoms with van der Waals surface area (Å²) >= 11 is 0. The molecule has 0 spiro atoms. The lowest BCUT2D eigenvalue weighted by atomic mass is 10.3. The smallest absolute Gasteiger partial charge is 0.146 e. The molecule has 0 atom stereocenters. The minimum absolute atomic E-state index is 0.414. The normalized spacial score (nSPS) is 10.3. The molecule has 0 bridgehead atoms. The van der Waals surface area contributed by atoms with Gasteiger partial charge in [0.2, 0.25) is 0 Å². The van der Waals surface area contributed by atoms with E-state index in [1.54, 1.807) is 13.4 Å². The summed E-state index contributed by atoms with van der Waals surface area (Å²) in [5, 5.41) is 3.07. The van der Waals surface area contributed by atoms with E-state index < -0.39 is 0 Å². The van der Waals surface area contributed by atoms with Crippen molar-refractivity contribution in [3.63, 3.8) is 0 Å². The zero-order valence-electron chi connectivity index (χ0n) is 10.6. The Morgan fingerprint density at radius 3 is 2.83 bits per heavy atom.